The minimum absolute atomic E-state index is 0.252. The predicted molar refractivity (Wildman–Crippen MR) is 78.7 cm³/mol. The molecule has 1 aromatic rings. The lowest BCUT2D eigenvalue weighted by Crippen LogP contribution is -2.45. The van der Waals surface area contributed by atoms with Gasteiger partial charge in [-0.2, -0.15) is 0 Å². The number of esters is 1. The second-order valence-corrected chi connectivity index (χ2v) is 7.48. The van der Waals surface area contributed by atoms with Crippen molar-refractivity contribution < 1.29 is 19.1 Å². The minimum Gasteiger partial charge on any atom is -0.467 e. The summed E-state index contributed by atoms with van der Waals surface area (Å²) in [7, 11) is 1.27. The molecule has 0 bridgehead atoms. The van der Waals surface area contributed by atoms with E-state index in [1.54, 1.807) is 27.0 Å². The van der Waals surface area contributed by atoms with Crippen LogP contribution in [0.5, 0.6) is 0 Å². The summed E-state index contributed by atoms with van der Waals surface area (Å²) in [5.41, 5.74) is -0.630. The number of hydrogen-bond donors (Lipinski definition) is 1. The molecule has 0 spiro atoms. The Hall–Kier alpha value is -1.15. The Bertz CT molecular complexity index is 484. The fourth-order valence-corrected chi connectivity index (χ4v) is 2.69. The van der Waals surface area contributed by atoms with Gasteiger partial charge in [-0.15, -0.1) is 11.3 Å². The molecule has 0 unspecified atom stereocenters. The average Bonchev–Trinajstić information content (AvgIpc) is 2.70. The lowest BCUT2D eigenvalue weighted by atomic mass is 10.2. The van der Waals surface area contributed by atoms with Crippen molar-refractivity contribution >= 4 is 39.3 Å². The zero-order valence-corrected chi connectivity index (χ0v) is 14.1. The van der Waals surface area contributed by atoms with Gasteiger partial charge in [-0.05, 0) is 36.7 Å². The largest absolute Gasteiger partial charge is 0.467 e. The van der Waals surface area contributed by atoms with Crippen LogP contribution < -0.4 is 5.32 Å². The van der Waals surface area contributed by atoms with Crippen molar-refractivity contribution in [1.29, 1.82) is 0 Å². The molecule has 0 aliphatic heterocycles. The number of amides is 1. The molecule has 0 aliphatic carbocycles. The maximum absolute atomic E-state index is 11.7. The first-order valence-corrected chi connectivity index (χ1v) is 7.50. The summed E-state index contributed by atoms with van der Waals surface area (Å²) < 4.78 is 10.7. The maximum Gasteiger partial charge on any atom is 0.408 e. The van der Waals surface area contributed by atoms with Crippen LogP contribution in [0.2, 0.25) is 0 Å². The molecule has 1 aromatic heterocycles. The third kappa shape index (κ3) is 5.87. The lowest BCUT2D eigenvalue weighted by Gasteiger charge is -2.22. The van der Waals surface area contributed by atoms with E-state index in [1.165, 1.54) is 18.4 Å². The molecule has 1 heterocycles. The number of nitrogens with one attached hydrogen (secondary N) is 1. The van der Waals surface area contributed by atoms with E-state index in [-0.39, 0.29) is 6.42 Å². The highest BCUT2D eigenvalue weighted by Gasteiger charge is 2.26. The van der Waals surface area contributed by atoms with E-state index in [0.29, 0.717) is 5.01 Å². The zero-order valence-electron chi connectivity index (χ0n) is 11.7. The van der Waals surface area contributed by atoms with Gasteiger partial charge in [-0.1, -0.05) is 0 Å². The number of methoxy groups -OCH3 is 1. The number of aromatic nitrogens is 1. The van der Waals surface area contributed by atoms with Crippen LogP contribution in [0.4, 0.5) is 4.79 Å². The molecule has 112 valence electrons. The summed E-state index contributed by atoms with van der Waals surface area (Å²) >= 11 is 4.68. The second kappa shape index (κ2) is 7.03. The van der Waals surface area contributed by atoms with Gasteiger partial charge in [0.15, 0.2) is 0 Å². The van der Waals surface area contributed by atoms with Crippen LogP contribution in [0.15, 0.2) is 9.98 Å². The van der Waals surface area contributed by atoms with Gasteiger partial charge in [0.05, 0.1) is 22.1 Å². The van der Waals surface area contributed by atoms with E-state index in [2.05, 4.69) is 31.0 Å². The van der Waals surface area contributed by atoms with Crippen LogP contribution in [-0.4, -0.2) is 35.8 Å². The highest BCUT2D eigenvalue weighted by molar-refractivity contribution is 9.11. The third-order valence-corrected chi connectivity index (χ3v) is 3.58. The first-order valence-electron chi connectivity index (χ1n) is 5.89. The van der Waals surface area contributed by atoms with Gasteiger partial charge in [0.25, 0.3) is 0 Å². The molecule has 0 aromatic carbocycles. The van der Waals surface area contributed by atoms with E-state index in [0.717, 1.165) is 3.79 Å². The quantitative estimate of drug-likeness (QED) is 0.830. The van der Waals surface area contributed by atoms with Crippen molar-refractivity contribution in [2.75, 3.05) is 7.11 Å². The number of halogens is 1. The number of alkyl carbamates (subject to hydrolysis) is 1. The summed E-state index contributed by atoms with van der Waals surface area (Å²) in [4.78, 5) is 27.5. The highest BCUT2D eigenvalue weighted by atomic mass is 79.9. The van der Waals surface area contributed by atoms with Crippen LogP contribution in [0.3, 0.4) is 0 Å². The average molecular weight is 365 g/mol. The molecule has 8 heteroatoms. The molecule has 0 fully saturated rings. The van der Waals surface area contributed by atoms with Crippen LogP contribution >= 0.6 is 27.3 Å². The third-order valence-electron chi connectivity index (χ3n) is 2.08. The van der Waals surface area contributed by atoms with Gasteiger partial charge in [0.1, 0.15) is 11.6 Å². The number of thiazole rings is 1. The molecule has 0 saturated heterocycles. The Morgan fingerprint density at radius 3 is 2.60 bits per heavy atom. The van der Waals surface area contributed by atoms with Gasteiger partial charge in [0.2, 0.25) is 0 Å². The molecular formula is C12H17BrN2O4S. The topological polar surface area (TPSA) is 77.5 Å². The maximum atomic E-state index is 11.7. The predicted octanol–water partition coefficient (Wildman–Crippen LogP) is 2.51. The van der Waals surface area contributed by atoms with E-state index in [1.807, 2.05) is 0 Å². The summed E-state index contributed by atoms with van der Waals surface area (Å²) in [5.74, 6) is -0.540. The fraction of sp³-hybridized carbons (Fsp3) is 0.583. The number of carbonyl (C=O) groups is 2. The molecule has 1 N–H and O–H groups in total. The zero-order chi connectivity index (χ0) is 15.3. The van der Waals surface area contributed by atoms with E-state index < -0.39 is 23.7 Å². The Morgan fingerprint density at radius 2 is 2.15 bits per heavy atom. The number of nitrogens with zero attached hydrogens (tertiary/aromatic N) is 1. The summed E-state index contributed by atoms with van der Waals surface area (Å²) in [6.45, 7) is 5.24. The molecule has 1 rings (SSSR count). The number of rotatable bonds is 4. The summed E-state index contributed by atoms with van der Waals surface area (Å²) in [6, 6.07) is -0.826. The van der Waals surface area contributed by atoms with Crippen LogP contribution in [0, 0.1) is 0 Å². The number of ether oxygens (including phenoxy) is 2. The second-order valence-electron chi connectivity index (χ2n) is 4.98. The van der Waals surface area contributed by atoms with Crippen molar-refractivity contribution in [1.82, 2.24) is 10.3 Å². The van der Waals surface area contributed by atoms with Crippen molar-refractivity contribution in [3.63, 3.8) is 0 Å². The Labute approximate surface area is 130 Å². The van der Waals surface area contributed by atoms with Crippen LogP contribution in [-0.2, 0) is 20.7 Å². The molecular weight excluding hydrogens is 348 g/mol. The Balaban J connectivity index is 2.70. The normalized spacial score (nSPS) is 12.7. The SMILES string of the molecule is COC(=O)[C@H](Cc1ncc(Br)s1)NC(=O)OC(C)(C)C. The summed E-state index contributed by atoms with van der Waals surface area (Å²) in [6.07, 6.45) is 1.23. The van der Waals surface area contributed by atoms with Crippen LogP contribution in [0.1, 0.15) is 25.8 Å². The van der Waals surface area contributed by atoms with E-state index >= 15 is 0 Å². The molecule has 6 nitrogen and oxygen atoms in total. The fourth-order valence-electron chi connectivity index (χ4n) is 1.34. The molecule has 0 aliphatic rings. The first-order chi connectivity index (χ1) is 9.21. The van der Waals surface area contributed by atoms with Crippen molar-refractivity contribution in [3.8, 4) is 0 Å². The van der Waals surface area contributed by atoms with Crippen molar-refractivity contribution in [3.05, 3.63) is 15.0 Å². The summed E-state index contributed by atoms with van der Waals surface area (Å²) in [5, 5.41) is 3.21. The van der Waals surface area contributed by atoms with Gasteiger partial charge in [-0.3, -0.25) is 0 Å². The standard InChI is InChI=1S/C12H17BrN2O4S/c1-12(2,3)19-11(17)15-7(10(16)18-4)5-9-14-6-8(13)20-9/h6-7H,5H2,1-4H3,(H,15,17)/t7-/m0/s1. The molecule has 0 radical (unpaired) electrons. The van der Waals surface area contributed by atoms with E-state index in [4.69, 9.17) is 4.74 Å². The van der Waals surface area contributed by atoms with E-state index in [9.17, 15) is 9.59 Å². The van der Waals surface area contributed by atoms with Crippen molar-refractivity contribution in [2.45, 2.75) is 38.8 Å². The Morgan fingerprint density at radius 1 is 1.50 bits per heavy atom. The van der Waals surface area contributed by atoms with Gasteiger partial charge in [0, 0.05) is 6.42 Å². The monoisotopic (exact) mass is 364 g/mol. The van der Waals surface area contributed by atoms with Crippen LogP contribution in [0.25, 0.3) is 0 Å². The molecule has 0 saturated carbocycles. The number of carbonyl (C=O) groups excluding carboxylic acids is 2. The minimum atomic E-state index is -0.826. The number of hydrogen-bond acceptors (Lipinski definition) is 6. The van der Waals surface area contributed by atoms with Gasteiger partial charge >= 0.3 is 12.1 Å². The smallest absolute Gasteiger partial charge is 0.408 e. The Kier molecular flexibility index (Phi) is 5.94. The molecule has 20 heavy (non-hydrogen) atoms. The lowest BCUT2D eigenvalue weighted by molar-refractivity contribution is -0.143. The van der Waals surface area contributed by atoms with Gasteiger partial charge in [-0.25, -0.2) is 14.6 Å². The van der Waals surface area contributed by atoms with Gasteiger partial charge < -0.3 is 14.8 Å². The van der Waals surface area contributed by atoms with Crippen molar-refractivity contribution in [2.24, 2.45) is 0 Å². The highest BCUT2D eigenvalue weighted by Crippen LogP contribution is 2.20. The molecule has 1 atom stereocenters. The molecule has 1 amide bonds. The first kappa shape index (κ1) is 16.9.